The maximum Gasteiger partial charge on any atom is 0.410 e. The second-order valence-electron chi connectivity index (χ2n) is 11.2. The number of amides is 1. The van der Waals surface area contributed by atoms with Gasteiger partial charge in [0.2, 0.25) is 11.8 Å². The van der Waals surface area contributed by atoms with E-state index in [0.717, 1.165) is 16.7 Å². The summed E-state index contributed by atoms with van der Waals surface area (Å²) in [5.41, 5.74) is 4.15. The van der Waals surface area contributed by atoms with Crippen molar-refractivity contribution in [2.75, 3.05) is 13.1 Å². The molecule has 216 valence electrons. The molecule has 0 fully saturated rings. The van der Waals surface area contributed by atoms with Gasteiger partial charge in [-0.3, -0.25) is 0 Å². The molecular formula is C35H35FN2O4. The van der Waals surface area contributed by atoms with Crippen LogP contribution in [0.4, 0.5) is 9.18 Å². The molecule has 1 aliphatic heterocycles. The van der Waals surface area contributed by atoms with Gasteiger partial charge in [-0.15, -0.1) is 0 Å². The van der Waals surface area contributed by atoms with Crippen LogP contribution in [0.1, 0.15) is 43.9 Å². The number of ether oxygens (including phenoxy) is 3. The van der Waals surface area contributed by atoms with E-state index in [1.54, 1.807) is 17.0 Å². The molecule has 0 saturated carbocycles. The van der Waals surface area contributed by atoms with Crippen molar-refractivity contribution in [1.29, 1.82) is 0 Å². The summed E-state index contributed by atoms with van der Waals surface area (Å²) >= 11 is 0. The maximum absolute atomic E-state index is 15.5. The summed E-state index contributed by atoms with van der Waals surface area (Å²) in [7, 11) is 0. The molecule has 1 aliphatic rings. The first-order valence-corrected chi connectivity index (χ1v) is 14.1. The highest BCUT2D eigenvalue weighted by Gasteiger charge is 2.25. The normalized spacial score (nSPS) is 13.3. The third-order valence-electron chi connectivity index (χ3n) is 6.77. The van der Waals surface area contributed by atoms with Crippen LogP contribution >= 0.6 is 0 Å². The fraction of sp³-hybridized carbons (Fsp3) is 0.257. The number of carbonyl (C=O) groups excluding carboxylic acids is 1. The second-order valence-corrected chi connectivity index (χ2v) is 11.2. The summed E-state index contributed by atoms with van der Waals surface area (Å²) in [6.07, 6.45) is 2.07. The Morgan fingerprint density at radius 3 is 2.10 bits per heavy atom. The molecule has 6 nitrogen and oxygen atoms in total. The van der Waals surface area contributed by atoms with Crippen LogP contribution in [-0.4, -0.2) is 34.7 Å². The van der Waals surface area contributed by atoms with E-state index in [-0.39, 0.29) is 11.9 Å². The Morgan fingerprint density at radius 1 is 0.857 bits per heavy atom. The fourth-order valence-corrected chi connectivity index (χ4v) is 4.64. The number of rotatable bonds is 8. The number of nitrogens with zero attached hydrogens (tertiary/aromatic N) is 2. The lowest BCUT2D eigenvalue weighted by atomic mass is 9.96. The van der Waals surface area contributed by atoms with E-state index in [1.165, 1.54) is 6.07 Å². The Balaban J connectivity index is 1.36. The van der Waals surface area contributed by atoms with Crippen molar-refractivity contribution in [1.82, 2.24) is 9.88 Å². The first-order chi connectivity index (χ1) is 20.2. The molecule has 4 aromatic rings. The van der Waals surface area contributed by atoms with Gasteiger partial charge >= 0.3 is 6.09 Å². The van der Waals surface area contributed by atoms with E-state index in [1.807, 2.05) is 99.6 Å². The highest BCUT2D eigenvalue weighted by molar-refractivity contribution is 5.75. The lowest BCUT2D eigenvalue weighted by molar-refractivity contribution is 0.0270. The summed E-state index contributed by atoms with van der Waals surface area (Å²) < 4.78 is 33.1. The van der Waals surface area contributed by atoms with Crippen LogP contribution in [0.3, 0.4) is 0 Å². The molecular weight excluding hydrogens is 531 g/mol. The van der Waals surface area contributed by atoms with Crippen molar-refractivity contribution < 1.29 is 23.4 Å². The van der Waals surface area contributed by atoms with Gasteiger partial charge in [0, 0.05) is 30.3 Å². The van der Waals surface area contributed by atoms with Gasteiger partial charge in [0.05, 0.1) is 0 Å². The third-order valence-corrected chi connectivity index (χ3v) is 6.77. The lowest BCUT2D eigenvalue weighted by Gasteiger charge is -2.29. The van der Waals surface area contributed by atoms with Gasteiger partial charge in [0.1, 0.15) is 24.6 Å². The molecule has 42 heavy (non-hydrogen) atoms. The summed E-state index contributed by atoms with van der Waals surface area (Å²) in [5, 5.41) is 0. The van der Waals surface area contributed by atoms with Crippen LogP contribution in [0.2, 0.25) is 0 Å². The van der Waals surface area contributed by atoms with Gasteiger partial charge in [-0.05, 0) is 61.6 Å². The predicted octanol–water partition coefficient (Wildman–Crippen LogP) is 8.07. The van der Waals surface area contributed by atoms with E-state index in [2.05, 4.69) is 4.98 Å². The number of halogens is 1. The number of pyridine rings is 1. The first-order valence-electron chi connectivity index (χ1n) is 14.1. The van der Waals surface area contributed by atoms with Gasteiger partial charge in [-0.2, -0.15) is 4.98 Å². The number of hydrogen-bond acceptors (Lipinski definition) is 5. The zero-order chi connectivity index (χ0) is 29.5. The summed E-state index contributed by atoms with van der Waals surface area (Å²) in [6.45, 7) is 7.04. The molecule has 0 aliphatic carbocycles. The minimum atomic E-state index is -0.562. The summed E-state index contributed by atoms with van der Waals surface area (Å²) in [4.78, 5) is 18.7. The van der Waals surface area contributed by atoms with Gasteiger partial charge in [0.25, 0.3) is 0 Å². The van der Waals surface area contributed by atoms with E-state index >= 15 is 4.39 Å². The molecule has 2 heterocycles. The molecule has 5 rings (SSSR count). The monoisotopic (exact) mass is 566 g/mol. The Morgan fingerprint density at radius 2 is 1.50 bits per heavy atom. The van der Waals surface area contributed by atoms with E-state index in [4.69, 9.17) is 14.2 Å². The van der Waals surface area contributed by atoms with E-state index < -0.39 is 5.60 Å². The highest BCUT2D eigenvalue weighted by atomic mass is 19.1. The lowest BCUT2D eigenvalue weighted by Crippen LogP contribution is -2.39. The molecule has 0 N–H and O–H groups in total. The minimum Gasteiger partial charge on any atom is -0.473 e. The highest BCUT2D eigenvalue weighted by Crippen LogP contribution is 2.34. The molecule has 0 atom stereocenters. The Hall–Kier alpha value is -4.65. The van der Waals surface area contributed by atoms with Crippen molar-refractivity contribution in [3.63, 3.8) is 0 Å². The van der Waals surface area contributed by atoms with Crippen molar-refractivity contribution in [2.45, 2.75) is 46.0 Å². The number of carbonyl (C=O) groups is 1. The molecule has 0 unspecified atom stereocenters. The van der Waals surface area contributed by atoms with Crippen LogP contribution in [-0.2, 0) is 18.0 Å². The molecule has 3 aromatic carbocycles. The maximum atomic E-state index is 15.5. The molecule has 0 saturated heterocycles. The van der Waals surface area contributed by atoms with Crippen LogP contribution in [0.5, 0.6) is 11.8 Å². The summed E-state index contributed by atoms with van der Waals surface area (Å²) in [5.74, 6) is 0.439. The predicted molar refractivity (Wildman–Crippen MR) is 162 cm³/mol. The largest absolute Gasteiger partial charge is 0.473 e. The van der Waals surface area contributed by atoms with E-state index in [0.29, 0.717) is 61.2 Å². The van der Waals surface area contributed by atoms with Crippen molar-refractivity contribution in [2.24, 2.45) is 0 Å². The van der Waals surface area contributed by atoms with Crippen LogP contribution in [0.15, 0.2) is 97.1 Å². The van der Waals surface area contributed by atoms with Gasteiger partial charge < -0.3 is 19.1 Å². The Labute approximate surface area is 246 Å². The average Bonchev–Trinajstić information content (AvgIpc) is 2.99. The molecule has 1 amide bonds. The zero-order valence-electron chi connectivity index (χ0n) is 24.2. The average molecular weight is 567 g/mol. The van der Waals surface area contributed by atoms with Crippen molar-refractivity contribution in [3.8, 4) is 22.9 Å². The molecule has 1 aromatic heterocycles. The Kier molecular flexibility index (Phi) is 8.86. The fourth-order valence-electron chi connectivity index (χ4n) is 4.64. The number of hydrogen-bond donors (Lipinski definition) is 0. The summed E-state index contributed by atoms with van der Waals surface area (Å²) in [6, 6.07) is 28.4. The number of benzene rings is 3. The molecule has 7 heteroatoms. The molecule has 0 bridgehead atoms. The number of aromatic nitrogens is 1. The standard InChI is InChI=1S/C35H35FN2O4/c1-35(2,3)42-34(39)38-20-18-27(19-21-38)29-15-14-28(22-31(29)36)30-16-17-32(40-23-25-10-6-4-7-11-25)37-33(30)41-24-26-12-8-5-9-13-26/h4-18,22H,19-21,23-24H2,1-3H3. The van der Waals surface area contributed by atoms with Crippen LogP contribution < -0.4 is 9.47 Å². The SMILES string of the molecule is CC(C)(C)OC(=O)N1CC=C(c2ccc(-c3ccc(OCc4ccccc4)nc3OCc3ccccc3)cc2F)CC1. The Bertz CT molecular complexity index is 1550. The first kappa shape index (κ1) is 28.9. The van der Waals surface area contributed by atoms with E-state index in [9.17, 15) is 4.79 Å². The smallest absolute Gasteiger partial charge is 0.410 e. The minimum absolute atomic E-state index is 0.310. The van der Waals surface area contributed by atoms with Gasteiger partial charge in [-0.1, -0.05) is 78.9 Å². The van der Waals surface area contributed by atoms with Crippen molar-refractivity contribution in [3.05, 3.63) is 120 Å². The van der Waals surface area contributed by atoms with Gasteiger partial charge in [-0.25, -0.2) is 9.18 Å². The third kappa shape index (κ3) is 7.55. The van der Waals surface area contributed by atoms with Crippen LogP contribution in [0.25, 0.3) is 16.7 Å². The topological polar surface area (TPSA) is 60.9 Å². The van der Waals surface area contributed by atoms with Crippen LogP contribution in [0, 0.1) is 5.82 Å². The molecule has 0 radical (unpaired) electrons. The van der Waals surface area contributed by atoms with Crippen molar-refractivity contribution >= 4 is 11.7 Å². The molecule has 0 spiro atoms. The van der Waals surface area contributed by atoms with Gasteiger partial charge in [0.15, 0.2) is 0 Å². The second kappa shape index (κ2) is 12.9. The quantitative estimate of drug-likeness (QED) is 0.216. The zero-order valence-corrected chi connectivity index (χ0v) is 24.2.